The summed E-state index contributed by atoms with van der Waals surface area (Å²) in [6.45, 7) is 10.0. The maximum atomic E-state index is 13.2. The van der Waals surface area contributed by atoms with Gasteiger partial charge in [-0.25, -0.2) is 0 Å². The van der Waals surface area contributed by atoms with Crippen molar-refractivity contribution in [2.45, 2.75) is 78.8 Å². The van der Waals surface area contributed by atoms with Crippen LogP contribution < -0.4 is 0 Å². The average Bonchev–Trinajstić information content (AvgIpc) is 3.42. The number of aromatic nitrogens is 1. The van der Waals surface area contributed by atoms with Gasteiger partial charge < -0.3 is 14.4 Å². The highest BCUT2D eigenvalue weighted by molar-refractivity contribution is 5.86. The zero-order valence-electron chi connectivity index (χ0n) is 18.5. The molecule has 1 saturated carbocycles. The molecule has 5 nitrogen and oxygen atoms in total. The van der Waals surface area contributed by atoms with Crippen LogP contribution in [-0.4, -0.2) is 45.3 Å². The summed E-state index contributed by atoms with van der Waals surface area (Å²) in [4.78, 5) is 30.2. The van der Waals surface area contributed by atoms with Crippen LogP contribution in [0.25, 0.3) is 0 Å². The number of hydrogen-bond acceptors (Lipinski definition) is 2. The largest absolute Gasteiger partial charge is 0.353 e. The van der Waals surface area contributed by atoms with E-state index in [2.05, 4.69) is 38.3 Å². The zero-order valence-corrected chi connectivity index (χ0v) is 18.5. The summed E-state index contributed by atoms with van der Waals surface area (Å²) in [5.41, 5.74) is 1.12. The fourth-order valence-corrected chi connectivity index (χ4v) is 3.76. The fraction of sp³-hybridized carbons (Fsp3) is 0.739. The highest BCUT2D eigenvalue weighted by Gasteiger charge is 2.37. The summed E-state index contributed by atoms with van der Waals surface area (Å²) in [5, 5.41) is 0. The van der Waals surface area contributed by atoms with Crippen LogP contribution in [0.1, 0.15) is 71.9 Å². The van der Waals surface area contributed by atoms with E-state index in [0.717, 1.165) is 44.2 Å². The predicted molar refractivity (Wildman–Crippen MR) is 114 cm³/mol. The van der Waals surface area contributed by atoms with Crippen molar-refractivity contribution in [3.63, 3.8) is 0 Å². The van der Waals surface area contributed by atoms with Gasteiger partial charge in [0, 0.05) is 37.4 Å². The molecule has 0 bridgehead atoms. The first-order valence-corrected chi connectivity index (χ1v) is 11.1. The first kappa shape index (κ1) is 22.5. The van der Waals surface area contributed by atoms with Gasteiger partial charge in [-0.1, -0.05) is 40.5 Å². The lowest BCUT2D eigenvalue weighted by Gasteiger charge is -2.31. The Morgan fingerprint density at radius 2 is 1.96 bits per heavy atom. The maximum absolute atomic E-state index is 13.2. The van der Waals surface area contributed by atoms with Crippen molar-refractivity contribution in [1.29, 1.82) is 0 Å². The predicted octanol–water partition coefficient (Wildman–Crippen LogP) is 4.22. The molecule has 5 heteroatoms. The molecule has 2 amide bonds. The Bertz CT molecular complexity index is 634. The molecule has 1 aromatic rings. The number of carbonyl (C=O) groups excluding carboxylic acids is 2. The molecule has 1 aromatic heterocycles. The number of carbonyl (C=O) groups is 2. The summed E-state index contributed by atoms with van der Waals surface area (Å²) in [6.07, 6.45) is 8.04. The zero-order chi connectivity index (χ0) is 20.7. The SMILES string of the molecule is CCCC[C@@H](CC)C(=O)N(CC(=O)N(Cc1cccn1C)CC(C)C)C1CC1. The van der Waals surface area contributed by atoms with Crippen molar-refractivity contribution in [2.24, 2.45) is 18.9 Å². The molecule has 0 radical (unpaired) electrons. The van der Waals surface area contributed by atoms with Gasteiger partial charge in [-0.3, -0.25) is 9.59 Å². The minimum absolute atomic E-state index is 0.0553. The molecule has 2 rings (SSSR count). The molecule has 158 valence electrons. The van der Waals surface area contributed by atoms with E-state index in [1.165, 1.54) is 0 Å². The van der Waals surface area contributed by atoms with Crippen molar-refractivity contribution in [3.05, 3.63) is 24.0 Å². The number of nitrogens with zero attached hydrogens (tertiary/aromatic N) is 3. The van der Waals surface area contributed by atoms with Crippen LogP contribution >= 0.6 is 0 Å². The summed E-state index contributed by atoms with van der Waals surface area (Å²) < 4.78 is 2.06. The number of hydrogen-bond donors (Lipinski definition) is 0. The minimum Gasteiger partial charge on any atom is -0.353 e. The van der Waals surface area contributed by atoms with Gasteiger partial charge >= 0.3 is 0 Å². The van der Waals surface area contributed by atoms with Gasteiger partial charge in [0.25, 0.3) is 0 Å². The van der Waals surface area contributed by atoms with Crippen molar-refractivity contribution in [3.8, 4) is 0 Å². The third-order valence-electron chi connectivity index (χ3n) is 5.67. The van der Waals surface area contributed by atoms with E-state index in [4.69, 9.17) is 0 Å². The van der Waals surface area contributed by atoms with E-state index in [9.17, 15) is 9.59 Å². The second kappa shape index (κ2) is 10.7. The van der Waals surface area contributed by atoms with Crippen LogP contribution in [0.3, 0.4) is 0 Å². The van der Waals surface area contributed by atoms with Crippen molar-refractivity contribution >= 4 is 11.8 Å². The van der Waals surface area contributed by atoms with E-state index in [0.29, 0.717) is 19.0 Å². The van der Waals surface area contributed by atoms with Crippen molar-refractivity contribution in [1.82, 2.24) is 14.4 Å². The molecule has 1 fully saturated rings. The van der Waals surface area contributed by atoms with Gasteiger partial charge in [0.1, 0.15) is 6.54 Å². The van der Waals surface area contributed by atoms with Crippen LogP contribution in [0.5, 0.6) is 0 Å². The van der Waals surface area contributed by atoms with Crippen LogP contribution in [0.4, 0.5) is 0 Å². The van der Waals surface area contributed by atoms with Crippen LogP contribution in [0, 0.1) is 11.8 Å². The van der Waals surface area contributed by atoms with Gasteiger partial charge in [0.2, 0.25) is 11.8 Å². The molecule has 0 spiro atoms. The molecule has 0 saturated heterocycles. The normalized spacial score (nSPS) is 14.9. The summed E-state index contributed by atoms with van der Waals surface area (Å²) in [5.74, 6) is 0.706. The highest BCUT2D eigenvalue weighted by atomic mass is 16.2. The second-order valence-corrected chi connectivity index (χ2v) is 8.72. The summed E-state index contributed by atoms with van der Waals surface area (Å²) in [7, 11) is 2.01. The molecule has 28 heavy (non-hydrogen) atoms. The molecule has 0 aromatic carbocycles. The molecule has 1 atom stereocenters. The van der Waals surface area contributed by atoms with E-state index in [-0.39, 0.29) is 30.3 Å². The highest BCUT2D eigenvalue weighted by Crippen LogP contribution is 2.30. The number of amides is 2. The Morgan fingerprint density at radius 1 is 1.25 bits per heavy atom. The lowest BCUT2D eigenvalue weighted by Crippen LogP contribution is -2.46. The Morgan fingerprint density at radius 3 is 2.46 bits per heavy atom. The quantitative estimate of drug-likeness (QED) is 0.537. The first-order valence-electron chi connectivity index (χ1n) is 11.1. The Labute approximate surface area is 171 Å². The third-order valence-corrected chi connectivity index (χ3v) is 5.67. The average molecular weight is 390 g/mol. The molecule has 1 aliphatic rings. The molecular formula is C23H39N3O2. The summed E-state index contributed by atoms with van der Waals surface area (Å²) >= 11 is 0. The number of aryl methyl sites for hydroxylation is 1. The third kappa shape index (κ3) is 6.39. The molecular weight excluding hydrogens is 350 g/mol. The Kier molecular flexibility index (Phi) is 8.58. The lowest BCUT2D eigenvalue weighted by atomic mass is 9.97. The smallest absolute Gasteiger partial charge is 0.242 e. The molecule has 0 unspecified atom stereocenters. The summed E-state index contributed by atoms with van der Waals surface area (Å²) in [6, 6.07) is 4.33. The van der Waals surface area contributed by atoms with Gasteiger partial charge in [-0.2, -0.15) is 0 Å². The van der Waals surface area contributed by atoms with E-state index in [1.807, 2.05) is 29.1 Å². The molecule has 0 aliphatic heterocycles. The molecule has 1 aliphatic carbocycles. The van der Waals surface area contributed by atoms with Crippen LogP contribution in [0.2, 0.25) is 0 Å². The van der Waals surface area contributed by atoms with Gasteiger partial charge in [0.05, 0.1) is 6.54 Å². The first-order chi connectivity index (χ1) is 13.4. The van der Waals surface area contributed by atoms with E-state index in [1.54, 1.807) is 0 Å². The van der Waals surface area contributed by atoms with E-state index >= 15 is 0 Å². The van der Waals surface area contributed by atoms with E-state index < -0.39 is 0 Å². The van der Waals surface area contributed by atoms with Crippen LogP contribution in [0.15, 0.2) is 18.3 Å². The van der Waals surface area contributed by atoms with Crippen molar-refractivity contribution in [2.75, 3.05) is 13.1 Å². The minimum atomic E-state index is 0.0553. The van der Waals surface area contributed by atoms with Gasteiger partial charge in [0.15, 0.2) is 0 Å². The fourth-order valence-electron chi connectivity index (χ4n) is 3.76. The number of unbranched alkanes of at least 4 members (excludes halogenated alkanes) is 1. The number of rotatable bonds is 12. The Balaban J connectivity index is 2.08. The standard InChI is InChI=1S/C23H39N3O2/c1-6-8-10-19(7-2)23(28)26(20-12-13-20)17-22(27)25(15-18(3)4)16-21-11-9-14-24(21)5/h9,11,14,18-20H,6-8,10,12-13,15-17H2,1-5H3/t19-/m1/s1. The van der Waals surface area contributed by atoms with Crippen molar-refractivity contribution < 1.29 is 9.59 Å². The van der Waals surface area contributed by atoms with Crippen LogP contribution in [-0.2, 0) is 23.2 Å². The monoisotopic (exact) mass is 389 g/mol. The Hall–Kier alpha value is -1.78. The topological polar surface area (TPSA) is 45.6 Å². The second-order valence-electron chi connectivity index (χ2n) is 8.72. The molecule has 1 heterocycles. The maximum Gasteiger partial charge on any atom is 0.242 e. The van der Waals surface area contributed by atoms with Gasteiger partial charge in [-0.15, -0.1) is 0 Å². The van der Waals surface area contributed by atoms with Gasteiger partial charge in [-0.05, 0) is 43.7 Å². The molecule has 0 N–H and O–H groups in total. The lowest BCUT2D eigenvalue weighted by molar-refractivity contribution is -0.144.